The van der Waals surface area contributed by atoms with Gasteiger partial charge in [-0.1, -0.05) is 52.3 Å². The van der Waals surface area contributed by atoms with E-state index >= 15 is 0 Å². The second-order valence-corrected chi connectivity index (χ2v) is 4.74. The van der Waals surface area contributed by atoms with E-state index in [0.717, 1.165) is 21.3 Å². The molecule has 2 rings (SSSR count). The van der Waals surface area contributed by atoms with Crippen molar-refractivity contribution in [2.24, 2.45) is 0 Å². The van der Waals surface area contributed by atoms with Gasteiger partial charge in [0.15, 0.2) is 0 Å². The molecule has 0 fully saturated rings. The van der Waals surface area contributed by atoms with Crippen molar-refractivity contribution in [2.45, 2.75) is 12.5 Å². The molecule has 17 heavy (non-hydrogen) atoms. The topological polar surface area (TPSA) is 9.23 Å². The van der Waals surface area contributed by atoms with Crippen LogP contribution in [0.2, 0.25) is 0 Å². The number of benzene rings is 2. The molecule has 0 aromatic heterocycles. The van der Waals surface area contributed by atoms with Gasteiger partial charge in [-0.05, 0) is 12.1 Å². The van der Waals surface area contributed by atoms with Crippen LogP contribution in [-0.4, -0.2) is 0 Å². The van der Waals surface area contributed by atoms with E-state index in [1.54, 1.807) is 0 Å². The molecule has 0 saturated heterocycles. The molecule has 0 bridgehead atoms. The minimum absolute atomic E-state index is 0.464. The molecule has 0 saturated carbocycles. The predicted molar refractivity (Wildman–Crippen MR) is 74.5 cm³/mol. The molecule has 0 unspecified atom stereocenters. The smallest absolute Gasteiger partial charge is 0.124 e. The Morgan fingerprint density at radius 2 is 1.59 bits per heavy atom. The fourth-order valence-electron chi connectivity index (χ4n) is 1.53. The minimum Gasteiger partial charge on any atom is -0.489 e. The van der Waals surface area contributed by atoms with Gasteiger partial charge in [-0.15, -0.1) is 11.6 Å². The summed E-state index contributed by atoms with van der Waals surface area (Å²) in [6.45, 7) is 0.537. The molecule has 0 atom stereocenters. The minimum atomic E-state index is 0.464. The molecule has 0 radical (unpaired) electrons. The number of hydrogen-bond acceptors (Lipinski definition) is 1. The van der Waals surface area contributed by atoms with Crippen LogP contribution in [0.3, 0.4) is 0 Å². The van der Waals surface area contributed by atoms with Crippen LogP contribution in [0.5, 0.6) is 5.75 Å². The third-order valence-electron chi connectivity index (χ3n) is 2.46. The lowest BCUT2D eigenvalue weighted by atomic mass is 10.2. The first kappa shape index (κ1) is 12.5. The van der Waals surface area contributed by atoms with Crippen molar-refractivity contribution >= 4 is 27.5 Å². The molecule has 1 nitrogen and oxygen atoms in total. The highest BCUT2D eigenvalue weighted by atomic mass is 79.9. The van der Waals surface area contributed by atoms with Gasteiger partial charge in [-0.3, -0.25) is 0 Å². The Kier molecular flexibility index (Phi) is 4.46. The summed E-state index contributed by atoms with van der Waals surface area (Å²) in [5.41, 5.74) is 2.14. The van der Waals surface area contributed by atoms with E-state index in [2.05, 4.69) is 15.9 Å². The van der Waals surface area contributed by atoms with E-state index in [9.17, 15) is 0 Å². The van der Waals surface area contributed by atoms with Crippen molar-refractivity contribution in [2.75, 3.05) is 0 Å². The molecule has 2 aromatic rings. The Morgan fingerprint density at radius 3 is 2.29 bits per heavy atom. The van der Waals surface area contributed by atoms with Crippen LogP contribution in [0.15, 0.2) is 53.0 Å². The van der Waals surface area contributed by atoms with Crippen LogP contribution in [-0.2, 0) is 12.5 Å². The summed E-state index contributed by atoms with van der Waals surface area (Å²) >= 11 is 9.36. The first-order valence-corrected chi connectivity index (χ1v) is 6.64. The van der Waals surface area contributed by atoms with E-state index in [1.807, 2.05) is 48.5 Å². The Balaban J connectivity index is 2.10. The van der Waals surface area contributed by atoms with Crippen molar-refractivity contribution in [3.63, 3.8) is 0 Å². The second kappa shape index (κ2) is 6.08. The summed E-state index contributed by atoms with van der Waals surface area (Å²) in [6.07, 6.45) is 0. The number of rotatable bonds is 4. The Morgan fingerprint density at radius 1 is 0.941 bits per heavy atom. The largest absolute Gasteiger partial charge is 0.489 e. The molecule has 0 spiro atoms. The van der Waals surface area contributed by atoms with Gasteiger partial charge >= 0.3 is 0 Å². The summed E-state index contributed by atoms with van der Waals surface area (Å²) in [7, 11) is 0. The van der Waals surface area contributed by atoms with Crippen LogP contribution in [0, 0.1) is 0 Å². The lowest BCUT2D eigenvalue weighted by molar-refractivity contribution is 0.303. The van der Waals surface area contributed by atoms with Gasteiger partial charge in [-0.25, -0.2) is 0 Å². The summed E-state index contributed by atoms with van der Waals surface area (Å²) in [5.74, 6) is 1.31. The van der Waals surface area contributed by atoms with Gasteiger partial charge in [0.2, 0.25) is 0 Å². The van der Waals surface area contributed by atoms with Crippen LogP contribution in [0.25, 0.3) is 0 Å². The SMILES string of the molecule is ClCc1ccccc1OCc1ccccc1Br. The average Bonchev–Trinajstić information content (AvgIpc) is 2.38. The fraction of sp³-hybridized carbons (Fsp3) is 0.143. The maximum atomic E-state index is 5.86. The van der Waals surface area contributed by atoms with Crippen LogP contribution in [0.1, 0.15) is 11.1 Å². The quantitative estimate of drug-likeness (QED) is 0.739. The van der Waals surface area contributed by atoms with Gasteiger partial charge in [0, 0.05) is 15.6 Å². The zero-order chi connectivity index (χ0) is 12.1. The lowest BCUT2D eigenvalue weighted by Gasteiger charge is -2.10. The Labute approximate surface area is 115 Å². The van der Waals surface area contributed by atoms with Crippen LogP contribution >= 0.6 is 27.5 Å². The van der Waals surface area contributed by atoms with E-state index in [0.29, 0.717) is 12.5 Å². The predicted octanol–water partition coefficient (Wildman–Crippen LogP) is 4.77. The normalized spacial score (nSPS) is 10.2. The van der Waals surface area contributed by atoms with Crippen LogP contribution in [0.4, 0.5) is 0 Å². The first-order chi connectivity index (χ1) is 8.31. The highest BCUT2D eigenvalue weighted by Crippen LogP contribution is 2.23. The maximum Gasteiger partial charge on any atom is 0.124 e. The number of ether oxygens (including phenoxy) is 1. The van der Waals surface area contributed by atoms with Gasteiger partial charge in [0.1, 0.15) is 12.4 Å². The first-order valence-electron chi connectivity index (χ1n) is 5.31. The molecule has 0 amide bonds. The molecular weight excluding hydrogens is 300 g/mol. The molecule has 0 aliphatic carbocycles. The third kappa shape index (κ3) is 3.24. The van der Waals surface area contributed by atoms with E-state index in [4.69, 9.17) is 16.3 Å². The van der Waals surface area contributed by atoms with Gasteiger partial charge in [0.05, 0.1) is 5.88 Å². The number of para-hydroxylation sites is 1. The van der Waals surface area contributed by atoms with Gasteiger partial charge in [-0.2, -0.15) is 0 Å². The zero-order valence-corrected chi connectivity index (χ0v) is 11.5. The van der Waals surface area contributed by atoms with Gasteiger partial charge in [0.25, 0.3) is 0 Å². The highest BCUT2D eigenvalue weighted by Gasteiger charge is 2.03. The molecule has 88 valence electrons. The van der Waals surface area contributed by atoms with Gasteiger partial charge < -0.3 is 4.74 Å². The summed E-state index contributed by atoms with van der Waals surface area (Å²) in [4.78, 5) is 0. The highest BCUT2D eigenvalue weighted by molar-refractivity contribution is 9.10. The average molecular weight is 312 g/mol. The molecule has 0 N–H and O–H groups in total. The standard InChI is InChI=1S/C14H12BrClO/c15-13-7-3-1-6-12(13)10-17-14-8-4-2-5-11(14)9-16/h1-8H,9-10H2. The summed E-state index contributed by atoms with van der Waals surface area (Å²) in [5, 5.41) is 0. The fourth-order valence-corrected chi connectivity index (χ4v) is 2.15. The van der Waals surface area contributed by atoms with Crippen molar-refractivity contribution in [3.8, 4) is 5.75 Å². The molecule has 2 aromatic carbocycles. The molecule has 3 heteroatoms. The van der Waals surface area contributed by atoms with Crippen molar-refractivity contribution in [1.29, 1.82) is 0 Å². The molecule has 0 aliphatic heterocycles. The second-order valence-electron chi connectivity index (χ2n) is 3.62. The van der Waals surface area contributed by atoms with Crippen molar-refractivity contribution < 1.29 is 4.74 Å². The Bertz CT molecular complexity index is 499. The summed E-state index contributed by atoms with van der Waals surface area (Å²) in [6, 6.07) is 15.8. The zero-order valence-electron chi connectivity index (χ0n) is 9.20. The number of halogens is 2. The van der Waals surface area contributed by atoms with Crippen molar-refractivity contribution in [3.05, 3.63) is 64.1 Å². The van der Waals surface area contributed by atoms with Crippen molar-refractivity contribution in [1.82, 2.24) is 0 Å². The molecule has 0 aliphatic rings. The number of hydrogen-bond donors (Lipinski definition) is 0. The summed E-state index contributed by atoms with van der Waals surface area (Å²) < 4.78 is 6.84. The molecular formula is C14H12BrClO. The number of alkyl halides is 1. The maximum absolute atomic E-state index is 5.86. The third-order valence-corrected chi connectivity index (χ3v) is 3.52. The van der Waals surface area contributed by atoms with E-state index < -0.39 is 0 Å². The molecule has 0 heterocycles. The van der Waals surface area contributed by atoms with E-state index in [1.165, 1.54) is 0 Å². The monoisotopic (exact) mass is 310 g/mol. The Hall–Kier alpha value is -0.990. The lowest BCUT2D eigenvalue weighted by Crippen LogP contribution is -1.98. The van der Waals surface area contributed by atoms with Crippen LogP contribution < -0.4 is 4.74 Å². The van der Waals surface area contributed by atoms with E-state index in [-0.39, 0.29) is 0 Å².